The van der Waals surface area contributed by atoms with Crippen LogP contribution in [0.1, 0.15) is 29.6 Å². The van der Waals surface area contributed by atoms with Gasteiger partial charge in [0.15, 0.2) is 0 Å². The lowest BCUT2D eigenvalue weighted by molar-refractivity contribution is 0.0856. The lowest BCUT2D eigenvalue weighted by Crippen LogP contribution is -2.54. The smallest absolute Gasteiger partial charge is 0.254 e. The van der Waals surface area contributed by atoms with Gasteiger partial charge in [-0.15, -0.1) is 0 Å². The molecule has 0 aliphatic heterocycles. The molecule has 0 aromatic carbocycles. The van der Waals surface area contributed by atoms with Gasteiger partial charge in [0.25, 0.3) is 5.91 Å². The highest BCUT2D eigenvalue weighted by atomic mass is 79.9. The number of nitrogens with zero attached hydrogens (tertiary/aromatic N) is 2. The van der Waals surface area contributed by atoms with Crippen molar-refractivity contribution in [2.75, 3.05) is 5.33 Å². The third-order valence-electron chi connectivity index (χ3n) is 2.91. The lowest BCUT2D eigenvalue weighted by Gasteiger charge is -2.41. The summed E-state index contributed by atoms with van der Waals surface area (Å²) >= 11 is 3.45. The molecule has 0 radical (unpaired) electrons. The molecule has 1 aliphatic carbocycles. The first-order valence-corrected chi connectivity index (χ1v) is 6.14. The fraction of sp³-hybridized carbons (Fsp3) is 0.600. The van der Waals surface area contributed by atoms with Gasteiger partial charge in [-0.2, -0.15) is 5.10 Å². The van der Waals surface area contributed by atoms with E-state index in [0.717, 1.165) is 18.2 Å². The SMILES string of the molecule is Cn1cc(C(=O)NC2(CBr)CCC2)cn1. The number of carbonyl (C=O) groups is 1. The van der Waals surface area contributed by atoms with E-state index in [1.165, 1.54) is 6.42 Å². The lowest BCUT2D eigenvalue weighted by atomic mass is 9.78. The Balaban J connectivity index is 2.03. The molecule has 0 saturated heterocycles. The third kappa shape index (κ3) is 2.07. The molecule has 1 N–H and O–H groups in total. The molecule has 82 valence electrons. The fourth-order valence-electron chi connectivity index (χ4n) is 1.75. The van der Waals surface area contributed by atoms with Crippen LogP contribution in [-0.2, 0) is 7.05 Å². The molecule has 2 rings (SSSR count). The highest BCUT2D eigenvalue weighted by Gasteiger charge is 2.37. The number of aromatic nitrogens is 2. The Kier molecular flexibility index (Phi) is 2.82. The highest BCUT2D eigenvalue weighted by molar-refractivity contribution is 9.09. The second-order valence-electron chi connectivity index (χ2n) is 4.12. The van der Waals surface area contributed by atoms with E-state index in [1.54, 1.807) is 24.1 Å². The molecule has 1 saturated carbocycles. The molecule has 1 aliphatic rings. The maximum absolute atomic E-state index is 11.8. The van der Waals surface area contributed by atoms with Gasteiger partial charge < -0.3 is 5.32 Å². The zero-order valence-electron chi connectivity index (χ0n) is 8.66. The van der Waals surface area contributed by atoms with Crippen molar-refractivity contribution in [3.8, 4) is 0 Å². The molecule has 1 heterocycles. The van der Waals surface area contributed by atoms with E-state index in [9.17, 15) is 4.79 Å². The van der Waals surface area contributed by atoms with Crippen LogP contribution >= 0.6 is 15.9 Å². The number of nitrogens with one attached hydrogen (secondary N) is 1. The normalized spacial score (nSPS) is 18.3. The van der Waals surface area contributed by atoms with Crippen molar-refractivity contribution in [2.45, 2.75) is 24.8 Å². The van der Waals surface area contributed by atoms with Crippen LogP contribution in [0, 0.1) is 0 Å². The van der Waals surface area contributed by atoms with Gasteiger partial charge in [0.2, 0.25) is 0 Å². The van der Waals surface area contributed by atoms with Crippen LogP contribution in [0.2, 0.25) is 0 Å². The highest BCUT2D eigenvalue weighted by Crippen LogP contribution is 2.33. The van der Waals surface area contributed by atoms with Gasteiger partial charge in [0, 0.05) is 18.6 Å². The molecule has 0 spiro atoms. The minimum absolute atomic E-state index is 0.0209. The Morgan fingerprint density at radius 3 is 2.87 bits per heavy atom. The van der Waals surface area contributed by atoms with Crippen LogP contribution in [0.3, 0.4) is 0 Å². The number of carbonyl (C=O) groups excluding carboxylic acids is 1. The van der Waals surface area contributed by atoms with Crippen LogP contribution in [0.25, 0.3) is 0 Å². The first-order valence-electron chi connectivity index (χ1n) is 5.02. The molecule has 15 heavy (non-hydrogen) atoms. The van der Waals surface area contributed by atoms with E-state index in [-0.39, 0.29) is 11.4 Å². The molecule has 1 fully saturated rings. The zero-order valence-corrected chi connectivity index (χ0v) is 10.2. The number of rotatable bonds is 3. The predicted molar refractivity (Wildman–Crippen MR) is 61.1 cm³/mol. The summed E-state index contributed by atoms with van der Waals surface area (Å²) in [4.78, 5) is 11.8. The number of alkyl halides is 1. The number of halogens is 1. The molecular weight excluding hydrogens is 258 g/mol. The Bertz CT molecular complexity index is 365. The van der Waals surface area contributed by atoms with Gasteiger partial charge in [-0.1, -0.05) is 15.9 Å². The maximum Gasteiger partial charge on any atom is 0.254 e. The van der Waals surface area contributed by atoms with Gasteiger partial charge in [-0.25, -0.2) is 0 Å². The first-order chi connectivity index (χ1) is 7.15. The summed E-state index contributed by atoms with van der Waals surface area (Å²) < 4.78 is 1.64. The van der Waals surface area contributed by atoms with Crippen LogP contribution < -0.4 is 5.32 Å². The van der Waals surface area contributed by atoms with Crippen molar-refractivity contribution in [2.24, 2.45) is 7.05 Å². The molecule has 0 atom stereocenters. The second kappa shape index (κ2) is 3.96. The van der Waals surface area contributed by atoms with Crippen LogP contribution in [0.4, 0.5) is 0 Å². The minimum atomic E-state index is -0.0257. The Hall–Kier alpha value is -0.840. The maximum atomic E-state index is 11.8. The van der Waals surface area contributed by atoms with Crippen molar-refractivity contribution in [3.63, 3.8) is 0 Å². The molecule has 1 aromatic rings. The number of hydrogen-bond acceptors (Lipinski definition) is 2. The van der Waals surface area contributed by atoms with Gasteiger partial charge in [0.1, 0.15) is 0 Å². The Labute approximate surface area is 97.2 Å². The predicted octanol–water partition coefficient (Wildman–Crippen LogP) is 1.47. The monoisotopic (exact) mass is 271 g/mol. The minimum Gasteiger partial charge on any atom is -0.346 e. The van der Waals surface area contributed by atoms with Crippen molar-refractivity contribution < 1.29 is 4.79 Å². The largest absolute Gasteiger partial charge is 0.346 e. The van der Waals surface area contributed by atoms with E-state index in [2.05, 4.69) is 26.3 Å². The molecule has 5 heteroatoms. The Morgan fingerprint density at radius 2 is 2.47 bits per heavy atom. The standard InChI is InChI=1S/C10H14BrN3O/c1-14-6-8(5-12-14)9(15)13-10(7-11)3-2-4-10/h5-6H,2-4,7H2,1H3,(H,13,15). The molecule has 4 nitrogen and oxygen atoms in total. The van der Waals surface area contributed by atoms with Crippen LogP contribution in [0.15, 0.2) is 12.4 Å². The number of hydrogen-bond donors (Lipinski definition) is 1. The molecule has 0 unspecified atom stereocenters. The van der Waals surface area contributed by atoms with Gasteiger partial charge >= 0.3 is 0 Å². The molecular formula is C10H14BrN3O. The summed E-state index contributed by atoms with van der Waals surface area (Å²) in [5.41, 5.74) is 0.608. The fourth-order valence-corrected chi connectivity index (χ4v) is 2.45. The summed E-state index contributed by atoms with van der Waals surface area (Å²) in [6, 6.07) is 0. The summed E-state index contributed by atoms with van der Waals surface area (Å²) in [5.74, 6) is -0.0257. The van der Waals surface area contributed by atoms with Gasteiger partial charge in [0.05, 0.1) is 17.3 Å². The summed E-state index contributed by atoms with van der Waals surface area (Å²) in [6.07, 6.45) is 6.64. The average molecular weight is 272 g/mol. The third-order valence-corrected chi connectivity index (χ3v) is 3.99. The number of amides is 1. The van der Waals surface area contributed by atoms with Crippen molar-refractivity contribution >= 4 is 21.8 Å². The summed E-state index contributed by atoms with van der Waals surface area (Å²) in [7, 11) is 1.81. The summed E-state index contributed by atoms with van der Waals surface area (Å²) in [5, 5.41) is 7.88. The Morgan fingerprint density at radius 1 is 1.73 bits per heavy atom. The van der Waals surface area contributed by atoms with Crippen molar-refractivity contribution in [1.82, 2.24) is 15.1 Å². The van der Waals surface area contributed by atoms with Crippen LogP contribution in [-0.4, -0.2) is 26.6 Å². The van der Waals surface area contributed by atoms with Gasteiger partial charge in [-0.05, 0) is 19.3 Å². The van der Waals surface area contributed by atoms with Crippen LogP contribution in [0.5, 0.6) is 0 Å². The zero-order chi connectivity index (χ0) is 10.9. The van der Waals surface area contributed by atoms with E-state index in [0.29, 0.717) is 5.56 Å². The molecule has 1 aromatic heterocycles. The van der Waals surface area contributed by atoms with Crippen molar-refractivity contribution in [1.29, 1.82) is 0 Å². The van der Waals surface area contributed by atoms with Gasteiger partial charge in [-0.3, -0.25) is 9.48 Å². The van der Waals surface area contributed by atoms with Crippen molar-refractivity contribution in [3.05, 3.63) is 18.0 Å². The quantitative estimate of drug-likeness (QED) is 0.847. The molecule has 0 bridgehead atoms. The number of aryl methyl sites for hydroxylation is 1. The first kappa shape index (κ1) is 10.7. The van der Waals surface area contributed by atoms with E-state index in [4.69, 9.17) is 0 Å². The summed E-state index contributed by atoms with van der Waals surface area (Å²) in [6.45, 7) is 0. The van der Waals surface area contributed by atoms with E-state index >= 15 is 0 Å². The topological polar surface area (TPSA) is 46.9 Å². The molecule has 1 amide bonds. The van der Waals surface area contributed by atoms with E-state index in [1.807, 2.05) is 0 Å². The van der Waals surface area contributed by atoms with E-state index < -0.39 is 0 Å². The average Bonchev–Trinajstić information content (AvgIpc) is 2.58. The second-order valence-corrected chi connectivity index (χ2v) is 4.69.